The molecule has 0 bridgehead atoms. The molecule has 6 heteroatoms. The number of likely N-dealkylation sites (N-methyl/N-ethyl adjacent to an activating group) is 1. The summed E-state index contributed by atoms with van der Waals surface area (Å²) < 4.78 is 0. The summed E-state index contributed by atoms with van der Waals surface area (Å²) in [6, 6.07) is 7.56. The minimum absolute atomic E-state index is 0.0821. The van der Waals surface area contributed by atoms with Crippen molar-refractivity contribution in [3.8, 4) is 0 Å². The molecule has 20 heavy (non-hydrogen) atoms. The van der Waals surface area contributed by atoms with Crippen molar-refractivity contribution in [3.63, 3.8) is 0 Å². The molecule has 0 unspecified atom stereocenters. The maximum Gasteiger partial charge on any atom is 0.265 e. The second kappa shape index (κ2) is 5.42. The van der Waals surface area contributed by atoms with Crippen molar-refractivity contribution in [2.75, 3.05) is 26.0 Å². The molecule has 2 amide bonds. The van der Waals surface area contributed by atoms with Crippen LogP contribution in [0, 0.1) is 0 Å². The van der Waals surface area contributed by atoms with Gasteiger partial charge in [-0.2, -0.15) is 0 Å². The van der Waals surface area contributed by atoms with Gasteiger partial charge in [-0.3, -0.25) is 19.8 Å². The Morgan fingerprint density at radius 2 is 1.80 bits per heavy atom. The van der Waals surface area contributed by atoms with E-state index in [2.05, 4.69) is 5.32 Å². The third-order valence-corrected chi connectivity index (χ3v) is 3.40. The van der Waals surface area contributed by atoms with Gasteiger partial charge < -0.3 is 4.90 Å². The van der Waals surface area contributed by atoms with Gasteiger partial charge in [-0.1, -0.05) is 12.1 Å². The summed E-state index contributed by atoms with van der Waals surface area (Å²) >= 11 is 4.89. The predicted octanol–water partition coefficient (Wildman–Crippen LogP) is 1.01. The van der Waals surface area contributed by atoms with Crippen LogP contribution in [0.2, 0.25) is 0 Å². The fraction of sp³-hybridized carbons (Fsp3) is 0.214. The number of hydrogen-bond acceptors (Lipinski definition) is 4. The highest BCUT2D eigenvalue weighted by molar-refractivity contribution is 7.80. The van der Waals surface area contributed by atoms with Gasteiger partial charge in [0.1, 0.15) is 5.57 Å². The Morgan fingerprint density at radius 1 is 1.20 bits per heavy atom. The number of hydrogen-bond donors (Lipinski definition) is 1. The van der Waals surface area contributed by atoms with Crippen molar-refractivity contribution in [1.29, 1.82) is 0 Å². The predicted molar refractivity (Wildman–Crippen MR) is 82.3 cm³/mol. The summed E-state index contributed by atoms with van der Waals surface area (Å²) in [7, 11) is 5.43. The molecule has 1 aliphatic heterocycles. The van der Waals surface area contributed by atoms with E-state index in [-0.39, 0.29) is 10.7 Å². The Labute approximate surface area is 122 Å². The number of amides is 2. The number of carbonyl (C=O) groups is 2. The van der Waals surface area contributed by atoms with Crippen LogP contribution in [0.5, 0.6) is 0 Å². The first-order valence-electron chi connectivity index (χ1n) is 6.02. The average Bonchev–Trinajstić information content (AvgIpc) is 2.42. The number of benzene rings is 1. The number of nitrogens with zero attached hydrogens (tertiary/aromatic N) is 2. The molecule has 2 rings (SSSR count). The maximum atomic E-state index is 12.0. The Kier molecular flexibility index (Phi) is 3.85. The van der Waals surface area contributed by atoms with Gasteiger partial charge in [0, 0.05) is 26.8 Å². The van der Waals surface area contributed by atoms with Crippen molar-refractivity contribution in [2.24, 2.45) is 0 Å². The van der Waals surface area contributed by atoms with Crippen LogP contribution in [-0.2, 0) is 9.59 Å². The molecule has 104 valence electrons. The lowest BCUT2D eigenvalue weighted by Gasteiger charge is -2.25. The van der Waals surface area contributed by atoms with Crippen LogP contribution in [0.3, 0.4) is 0 Å². The second-order valence-electron chi connectivity index (χ2n) is 4.67. The summed E-state index contributed by atoms with van der Waals surface area (Å²) in [5.74, 6) is -0.856. The van der Waals surface area contributed by atoms with E-state index in [0.29, 0.717) is 0 Å². The van der Waals surface area contributed by atoms with E-state index >= 15 is 0 Å². The topological polar surface area (TPSA) is 52.7 Å². The van der Waals surface area contributed by atoms with Gasteiger partial charge in [-0.25, -0.2) is 0 Å². The zero-order chi connectivity index (χ0) is 14.9. The van der Waals surface area contributed by atoms with Crippen molar-refractivity contribution >= 4 is 40.9 Å². The molecular weight excluding hydrogens is 274 g/mol. The summed E-state index contributed by atoms with van der Waals surface area (Å²) in [5, 5.41) is 2.61. The lowest BCUT2D eigenvalue weighted by Crippen LogP contribution is -2.52. The molecule has 0 radical (unpaired) electrons. The summed E-state index contributed by atoms with van der Waals surface area (Å²) in [6.07, 6.45) is 1.56. The van der Waals surface area contributed by atoms with Crippen molar-refractivity contribution < 1.29 is 9.59 Å². The van der Waals surface area contributed by atoms with Gasteiger partial charge in [-0.05, 0) is 36.0 Å². The molecule has 1 heterocycles. The van der Waals surface area contributed by atoms with Crippen LogP contribution in [0.25, 0.3) is 6.08 Å². The van der Waals surface area contributed by atoms with Crippen LogP contribution in [-0.4, -0.2) is 43.0 Å². The molecule has 0 atom stereocenters. The van der Waals surface area contributed by atoms with Crippen molar-refractivity contribution in [3.05, 3.63) is 35.4 Å². The minimum atomic E-state index is -0.463. The van der Waals surface area contributed by atoms with E-state index in [1.807, 2.05) is 43.3 Å². The van der Waals surface area contributed by atoms with E-state index in [4.69, 9.17) is 12.2 Å². The Balaban J connectivity index is 2.31. The monoisotopic (exact) mass is 289 g/mol. The summed E-state index contributed by atoms with van der Waals surface area (Å²) in [5.41, 5.74) is 1.92. The first-order chi connectivity index (χ1) is 9.40. The molecule has 5 nitrogen and oxygen atoms in total. The molecular formula is C14H15N3O2S. The first kappa shape index (κ1) is 14.2. The molecule has 0 aliphatic carbocycles. The van der Waals surface area contributed by atoms with E-state index in [1.165, 1.54) is 11.9 Å². The Morgan fingerprint density at radius 3 is 2.35 bits per heavy atom. The maximum absolute atomic E-state index is 12.0. The molecule has 1 saturated heterocycles. The number of rotatable bonds is 2. The number of anilines is 1. The molecule has 1 N–H and O–H groups in total. The van der Waals surface area contributed by atoms with Gasteiger partial charge >= 0.3 is 0 Å². The largest absolute Gasteiger partial charge is 0.378 e. The highest BCUT2D eigenvalue weighted by Crippen LogP contribution is 2.17. The molecule has 1 aliphatic rings. The van der Waals surface area contributed by atoms with E-state index in [9.17, 15) is 9.59 Å². The second-order valence-corrected chi connectivity index (χ2v) is 5.05. The van der Waals surface area contributed by atoms with Crippen LogP contribution in [0.15, 0.2) is 29.8 Å². The van der Waals surface area contributed by atoms with Crippen LogP contribution in [0.1, 0.15) is 5.56 Å². The quantitative estimate of drug-likeness (QED) is 0.501. The zero-order valence-corrected chi connectivity index (χ0v) is 12.3. The molecule has 0 spiro atoms. The fourth-order valence-electron chi connectivity index (χ4n) is 1.78. The zero-order valence-electron chi connectivity index (χ0n) is 11.5. The summed E-state index contributed by atoms with van der Waals surface area (Å²) in [6.45, 7) is 0. The third-order valence-electron chi connectivity index (χ3n) is 3.03. The SMILES string of the molecule is CN1C(=O)/C(=C/c2ccc(N(C)C)cc2)C(=O)NC1=S. The molecule has 1 aromatic rings. The highest BCUT2D eigenvalue weighted by Gasteiger charge is 2.30. The highest BCUT2D eigenvalue weighted by atomic mass is 32.1. The lowest BCUT2D eigenvalue weighted by molar-refractivity contribution is -0.128. The molecule has 1 aromatic carbocycles. The standard InChI is InChI=1S/C14H15N3O2S/c1-16(2)10-6-4-9(5-7-10)8-11-12(18)15-14(20)17(3)13(11)19/h4-8H,1-3H3,(H,15,18,20)/b11-8+. The third kappa shape index (κ3) is 2.70. The van der Waals surface area contributed by atoms with E-state index in [0.717, 1.165) is 11.3 Å². The number of thiocarbonyl (C=S) groups is 1. The number of carbonyl (C=O) groups excluding carboxylic acids is 2. The van der Waals surface area contributed by atoms with Crippen LogP contribution >= 0.6 is 12.2 Å². The van der Waals surface area contributed by atoms with Gasteiger partial charge in [0.2, 0.25) is 0 Å². The average molecular weight is 289 g/mol. The Bertz CT molecular complexity index is 605. The fourth-order valence-corrected chi connectivity index (χ4v) is 1.96. The Hall–Kier alpha value is -2.21. The van der Waals surface area contributed by atoms with Crippen LogP contribution < -0.4 is 10.2 Å². The molecule has 1 fully saturated rings. The van der Waals surface area contributed by atoms with Crippen molar-refractivity contribution in [1.82, 2.24) is 10.2 Å². The smallest absolute Gasteiger partial charge is 0.265 e. The van der Waals surface area contributed by atoms with Gasteiger partial charge in [0.05, 0.1) is 0 Å². The lowest BCUT2D eigenvalue weighted by atomic mass is 10.1. The van der Waals surface area contributed by atoms with Gasteiger partial charge in [0.25, 0.3) is 11.8 Å². The minimum Gasteiger partial charge on any atom is -0.378 e. The normalized spacial score (nSPS) is 17.4. The number of nitrogens with one attached hydrogen (secondary N) is 1. The molecule has 0 saturated carbocycles. The molecule has 0 aromatic heterocycles. The summed E-state index contributed by atoms with van der Waals surface area (Å²) in [4.78, 5) is 27.1. The van der Waals surface area contributed by atoms with E-state index < -0.39 is 11.8 Å². The van der Waals surface area contributed by atoms with Gasteiger partial charge in [-0.15, -0.1) is 0 Å². The van der Waals surface area contributed by atoms with E-state index in [1.54, 1.807) is 6.08 Å². The first-order valence-corrected chi connectivity index (χ1v) is 6.43. The van der Waals surface area contributed by atoms with Gasteiger partial charge in [0.15, 0.2) is 5.11 Å². The van der Waals surface area contributed by atoms with Crippen molar-refractivity contribution in [2.45, 2.75) is 0 Å². The van der Waals surface area contributed by atoms with Crippen LogP contribution in [0.4, 0.5) is 5.69 Å².